The van der Waals surface area contributed by atoms with Gasteiger partial charge in [0.2, 0.25) is 0 Å². The first-order valence-corrected chi connectivity index (χ1v) is 12.8. The molecule has 0 amide bonds. The third-order valence-corrected chi connectivity index (χ3v) is 7.75. The average Bonchev–Trinajstić information content (AvgIpc) is 2.54. The molecular weight excluding hydrogens is 696 g/mol. The van der Waals surface area contributed by atoms with E-state index in [0.29, 0.717) is 19.0 Å². The van der Waals surface area contributed by atoms with E-state index in [1.165, 1.54) is 0 Å². The predicted octanol–water partition coefficient (Wildman–Crippen LogP) is 6.76. The zero-order valence-corrected chi connectivity index (χ0v) is 21.5. The van der Waals surface area contributed by atoms with Crippen LogP contribution in [0.5, 0.6) is 17.2 Å². The van der Waals surface area contributed by atoms with Crippen LogP contribution < -0.4 is 4.74 Å². The molecule has 0 saturated heterocycles. The molecule has 0 aliphatic rings. The number of aromatic hydroxyl groups is 1. The summed E-state index contributed by atoms with van der Waals surface area (Å²) < 4.78 is 32.0. The van der Waals surface area contributed by atoms with Gasteiger partial charge < -0.3 is 18.9 Å². The molecule has 2 aromatic carbocycles. The highest BCUT2D eigenvalue weighted by Gasteiger charge is 2.25. The van der Waals surface area contributed by atoms with Crippen LogP contribution >= 0.6 is 75.4 Å². The molecule has 0 aliphatic heterocycles. The summed E-state index contributed by atoms with van der Waals surface area (Å²) in [7, 11) is -3.15. The van der Waals surface area contributed by atoms with Crippen LogP contribution in [0, 0.1) is 10.7 Å². The van der Waals surface area contributed by atoms with Crippen molar-refractivity contribution in [3.05, 3.63) is 46.6 Å². The molecule has 0 aliphatic carbocycles. The summed E-state index contributed by atoms with van der Waals surface area (Å²) in [6.07, 6.45) is 0.220. The number of hydrogen-bond donors (Lipinski definition) is 1. The molecular formula is C17H18I3O5P. The lowest BCUT2D eigenvalue weighted by atomic mass is 10.2. The average molecular weight is 714 g/mol. The van der Waals surface area contributed by atoms with Gasteiger partial charge in [0.1, 0.15) is 11.5 Å². The summed E-state index contributed by atoms with van der Waals surface area (Å²) in [6.45, 7) is 4.28. The topological polar surface area (TPSA) is 65.0 Å². The summed E-state index contributed by atoms with van der Waals surface area (Å²) >= 11 is 6.44. The molecule has 0 fully saturated rings. The molecule has 0 atom stereocenters. The van der Waals surface area contributed by atoms with Crippen molar-refractivity contribution in [2.45, 2.75) is 20.0 Å². The number of ether oxygens (including phenoxy) is 1. The van der Waals surface area contributed by atoms with E-state index in [2.05, 4.69) is 67.8 Å². The smallest absolute Gasteiger partial charge is 0.335 e. The molecule has 1 N–H and O–H groups in total. The lowest BCUT2D eigenvalue weighted by Gasteiger charge is -2.18. The van der Waals surface area contributed by atoms with Gasteiger partial charge in [0.05, 0.1) is 30.1 Å². The summed E-state index contributed by atoms with van der Waals surface area (Å²) in [5.74, 6) is 1.59. The van der Waals surface area contributed by atoms with E-state index in [-0.39, 0.29) is 11.9 Å². The van der Waals surface area contributed by atoms with Gasteiger partial charge in [-0.1, -0.05) is 0 Å². The Bertz CT molecular complexity index is 795. The third-order valence-electron chi connectivity index (χ3n) is 3.22. The molecule has 2 rings (SSSR count). The zero-order valence-electron chi connectivity index (χ0n) is 14.2. The molecule has 0 heterocycles. The molecule has 142 valence electrons. The number of benzene rings is 2. The van der Waals surface area contributed by atoms with Gasteiger partial charge in [0, 0.05) is 0 Å². The highest BCUT2D eigenvalue weighted by atomic mass is 127. The van der Waals surface area contributed by atoms with Crippen LogP contribution in [0.4, 0.5) is 0 Å². The van der Waals surface area contributed by atoms with Gasteiger partial charge in [0.25, 0.3) is 0 Å². The van der Waals surface area contributed by atoms with E-state index in [1.807, 2.05) is 12.1 Å². The van der Waals surface area contributed by atoms with Crippen LogP contribution in [-0.2, 0) is 19.8 Å². The fourth-order valence-corrected chi connectivity index (χ4v) is 6.49. The standard InChI is InChI=1S/C17H18I3O5P/c1-3-23-26(22,24-4-2)10-11-7-14(19)17(15(20)8-11)25-12-5-6-16(21)13(18)9-12/h5-9,21H,3-4,10H2,1-2H3. The Morgan fingerprint density at radius 2 is 1.54 bits per heavy atom. The molecule has 0 radical (unpaired) electrons. The van der Waals surface area contributed by atoms with Crippen molar-refractivity contribution in [3.8, 4) is 17.2 Å². The molecule has 0 bridgehead atoms. The maximum absolute atomic E-state index is 12.7. The van der Waals surface area contributed by atoms with Gasteiger partial charge in [-0.25, -0.2) is 0 Å². The molecule has 2 aromatic rings. The summed E-state index contributed by atoms with van der Waals surface area (Å²) in [5, 5.41) is 9.63. The molecule has 0 saturated carbocycles. The second-order valence-electron chi connectivity index (χ2n) is 5.21. The van der Waals surface area contributed by atoms with Gasteiger partial charge in [-0.15, -0.1) is 0 Å². The van der Waals surface area contributed by atoms with Gasteiger partial charge in [-0.2, -0.15) is 0 Å². The third kappa shape index (κ3) is 6.20. The zero-order chi connectivity index (χ0) is 19.3. The lowest BCUT2D eigenvalue weighted by Crippen LogP contribution is -2.01. The van der Waals surface area contributed by atoms with Crippen molar-refractivity contribution in [2.75, 3.05) is 13.2 Å². The fourth-order valence-electron chi connectivity index (χ4n) is 2.22. The van der Waals surface area contributed by atoms with E-state index in [4.69, 9.17) is 13.8 Å². The largest absolute Gasteiger partial charge is 0.507 e. The van der Waals surface area contributed by atoms with Crippen molar-refractivity contribution in [1.82, 2.24) is 0 Å². The Kier molecular flexibility index (Phi) is 8.93. The number of phenolic OH excluding ortho intramolecular Hbond substituents is 1. The summed E-state index contributed by atoms with van der Waals surface area (Å²) in [6, 6.07) is 8.94. The lowest BCUT2D eigenvalue weighted by molar-refractivity contribution is 0.219. The number of phenols is 1. The Morgan fingerprint density at radius 1 is 0.962 bits per heavy atom. The quantitative estimate of drug-likeness (QED) is 0.242. The Morgan fingerprint density at radius 3 is 2.04 bits per heavy atom. The highest BCUT2D eigenvalue weighted by molar-refractivity contribution is 14.1. The van der Waals surface area contributed by atoms with E-state index in [9.17, 15) is 9.67 Å². The normalized spacial score (nSPS) is 11.6. The minimum absolute atomic E-state index is 0.220. The molecule has 0 unspecified atom stereocenters. The van der Waals surface area contributed by atoms with Crippen LogP contribution in [-0.4, -0.2) is 18.3 Å². The minimum atomic E-state index is -3.15. The number of halogens is 3. The maximum atomic E-state index is 12.7. The van der Waals surface area contributed by atoms with E-state index in [0.717, 1.165) is 22.0 Å². The number of hydrogen-bond acceptors (Lipinski definition) is 5. The van der Waals surface area contributed by atoms with Crippen LogP contribution in [0.1, 0.15) is 19.4 Å². The molecule has 0 aromatic heterocycles. The van der Waals surface area contributed by atoms with Crippen molar-refractivity contribution in [2.24, 2.45) is 0 Å². The Hall–Kier alpha value is 0.380. The summed E-state index contributed by atoms with van der Waals surface area (Å²) in [4.78, 5) is 0. The molecule has 0 spiro atoms. The fraction of sp³-hybridized carbons (Fsp3) is 0.294. The van der Waals surface area contributed by atoms with Crippen molar-refractivity contribution in [1.29, 1.82) is 0 Å². The van der Waals surface area contributed by atoms with Gasteiger partial charge in [0.15, 0.2) is 5.75 Å². The highest BCUT2D eigenvalue weighted by Crippen LogP contribution is 2.51. The maximum Gasteiger partial charge on any atom is 0.335 e. The van der Waals surface area contributed by atoms with Crippen molar-refractivity contribution in [3.63, 3.8) is 0 Å². The van der Waals surface area contributed by atoms with Crippen LogP contribution in [0.15, 0.2) is 30.3 Å². The molecule has 5 nitrogen and oxygen atoms in total. The Balaban J connectivity index is 2.27. The van der Waals surface area contributed by atoms with Gasteiger partial charge in [-0.05, 0) is 118 Å². The minimum Gasteiger partial charge on any atom is -0.507 e. The van der Waals surface area contributed by atoms with E-state index < -0.39 is 7.60 Å². The van der Waals surface area contributed by atoms with Gasteiger partial charge >= 0.3 is 7.60 Å². The Labute approximate surface area is 194 Å². The van der Waals surface area contributed by atoms with Crippen LogP contribution in [0.25, 0.3) is 0 Å². The van der Waals surface area contributed by atoms with E-state index in [1.54, 1.807) is 32.0 Å². The SMILES string of the molecule is CCOP(=O)(Cc1cc(I)c(Oc2ccc(O)c(I)c2)c(I)c1)OCC. The van der Waals surface area contributed by atoms with Crippen molar-refractivity contribution < 1.29 is 23.5 Å². The van der Waals surface area contributed by atoms with Crippen molar-refractivity contribution >= 4 is 75.4 Å². The molecule has 9 heteroatoms. The van der Waals surface area contributed by atoms with Crippen LogP contribution in [0.3, 0.4) is 0 Å². The van der Waals surface area contributed by atoms with Gasteiger partial charge in [-0.3, -0.25) is 4.57 Å². The number of rotatable bonds is 8. The monoisotopic (exact) mass is 714 g/mol. The summed E-state index contributed by atoms with van der Waals surface area (Å²) in [5.41, 5.74) is 0.872. The van der Waals surface area contributed by atoms with E-state index >= 15 is 0 Å². The second-order valence-corrected chi connectivity index (χ2v) is 10.7. The molecule has 26 heavy (non-hydrogen) atoms. The van der Waals surface area contributed by atoms with Crippen LogP contribution in [0.2, 0.25) is 0 Å². The first kappa shape index (κ1) is 22.7. The predicted molar refractivity (Wildman–Crippen MR) is 127 cm³/mol. The first-order valence-electron chi connectivity index (χ1n) is 7.80. The second kappa shape index (κ2) is 10.2. The first-order chi connectivity index (χ1) is 12.3.